The number of piperazine rings is 1. The normalized spacial score (nSPS) is 13.9. The summed E-state index contributed by atoms with van der Waals surface area (Å²) in [5.74, 6) is 2.43. The van der Waals surface area contributed by atoms with Gasteiger partial charge in [-0.1, -0.05) is 51.1 Å². The number of amides is 1. The van der Waals surface area contributed by atoms with Gasteiger partial charge < -0.3 is 24.0 Å². The largest absolute Gasteiger partial charge is 0.496 e. The monoisotopic (exact) mass is 488 g/mol. The maximum Gasteiger partial charge on any atom is 0.253 e. The summed E-state index contributed by atoms with van der Waals surface area (Å²) in [4.78, 5) is 17.6. The van der Waals surface area contributed by atoms with Gasteiger partial charge in [-0.3, -0.25) is 4.79 Å². The second-order valence-corrected chi connectivity index (χ2v) is 10.0. The van der Waals surface area contributed by atoms with Crippen LogP contribution in [0.4, 0.5) is 5.69 Å². The first kappa shape index (κ1) is 25.4. The topological polar surface area (TPSA) is 51.2 Å². The first-order valence-corrected chi connectivity index (χ1v) is 12.4. The summed E-state index contributed by atoms with van der Waals surface area (Å²) in [7, 11) is 3.33. The highest BCUT2D eigenvalue weighted by molar-refractivity contribution is 5.94. The first-order chi connectivity index (χ1) is 17.3. The Hall–Kier alpha value is -3.67. The van der Waals surface area contributed by atoms with Crippen LogP contribution in [0.15, 0.2) is 66.7 Å². The molecule has 0 aromatic heterocycles. The van der Waals surface area contributed by atoms with E-state index >= 15 is 0 Å². The molecule has 6 nitrogen and oxygen atoms in total. The Morgan fingerprint density at radius 1 is 0.806 bits per heavy atom. The lowest BCUT2D eigenvalue weighted by atomic mass is 9.86. The van der Waals surface area contributed by atoms with Gasteiger partial charge >= 0.3 is 0 Å². The number of carbonyl (C=O) groups is 1. The fourth-order valence-corrected chi connectivity index (χ4v) is 4.62. The van der Waals surface area contributed by atoms with Crippen molar-refractivity contribution in [1.82, 2.24) is 4.90 Å². The molecule has 190 valence electrons. The maximum atomic E-state index is 13.4. The van der Waals surface area contributed by atoms with Gasteiger partial charge in [0.15, 0.2) is 0 Å². The molecule has 3 aromatic rings. The van der Waals surface area contributed by atoms with Crippen molar-refractivity contribution in [3.63, 3.8) is 0 Å². The minimum absolute atomic E-state index is 0.0219. The number of carbonyl (C=O) groups excluding carboxylic acids is 1. The fourth-order valence-electron chi connectivity index (χ4n) is 4.62. The fraction of sp³-hybridized carbons (Fsp3) is 0.367. The van der Waals surface area contributed by atoms with E-state index in [0.717, 1.165) is 41.4 Å². The van der Waals surface area contributed by atoms with Crippen molar-refractivity contribution in [3.05, 3.63) is 83.4 Å². The first-order valence-electron chi connectivity index (χ1n) is 12.4. The van der Waals surface area contributed by atoms with Gasteiger partial charge in [-0.25, -0.2) is 0 Å². The molecular weight excluding hydrogens is 452 g/mol. The van der Waals surface area contributed by atoms with Crippen LogP contribution in [0.5, 0.6) is 17.2 Å². The molecule has 0 radical (unpaired) electrons. The van der Waals surface area contributed by atoms with E-state index in [-0.39, 0.29) is 11.3 Å². The lowest BCUT2D eigenvalue weighted by molar-refractivity contribution is 0.0746. The van der Waals surface area contributed by atoms with E-state index in [0.29, 0.717) is 31.0 Å². The molecule has 0 bridgehead atoms. The molecule has 1 saturated heterocycles. The molecule has 0 N–H and O–H groups in total. The predicted octanol–water partition coefficient (Wildman–Crippen LogP) is 5.54. The highest BCUT2D eigenvalue weighted by Crippen LogP contribution is 2.33. The van der Waals surface area contributed by atoms with Crippen LogP contribution in [0.2, 0.25) is 0 Å². The van der Waals surface area contributed by atoms with E-state index in [9.17, 15) is 4.79 Å². The molecule has 1 heterocycles. The van der Waals surface area contributed by atoms with Crippen molar-refractivity contribution in [1.29, 1.82) is 0 Å². The quantitative estimate of drug-likeness (QED) is 0.437. The molecule has 0 saturated carbocycles. The molecular formula is C30H36N2O4. The molecule has 0 aliphatic carbocycles. The average molecular weight is 489 g/mol. The highest BCUT2D eigenvalue weighted by atomic mass is 16.5. The maximum absolute atomic E-state index is 13.4. The molecule has 0 atom stereocenters. The zero-order valence-corrected chi connectivity index (χ0v) is 21.9. The summed E-state index contributed by atoms with van der Waals surface area (Å²) in [6, 6.07) is 21.7. The zero-order chi connectivity index (χ0) is 25.7. The molecule has 1 aliphatic rings. The Balaban J connectivity index is 1.46. The van der Waals surface area contributed by atoms with E-state index in [1.165, 1.54) is 0 Å². The number of nitrogens with zero attached hydrogens (tertiary/aromatic N) is 2. The van der Waals surface area contributed by atoms with Crippen LogP contribution in [0.3, 0.4) is 0 Å². The Bertz CT molecular complexity index is 1190. The number of hydrogen-bond donors (Lipinski definition) is 0. The Morgan fingerprint density at radius 2 is 1.44 bits per heavy atom. The third kappa shape index (κ3) is 5.59. The number of anilines is 1. The molecule has 0 spiro atoms. The summed E-state index contributed by atoms with van der Waals surface area (Å²) in [5, 5.41) is 0. The van der Waals surface area contributed by atoms with Crippen LogP contribution in [-0.4, -0.2) is 51.2 Å². The van der Waals surface area contributed by atoms with Gasteiger partial charge in [-0.2, -0.15) is 0 Å². The molecule has 6 heteroatoms. The summed E-state index contributed by atoms with van der Waals surface area (Å²) >= 11 is 0. The average Bonchev–Trinajstić information content (AvgIpc) is 2.91. The van der Waals surface area contributed by atoms with Gasteiger partial charge in [0, 0.05) is 37.3 Å². The molecule has 1 amide bonds. The summed E-state index contributed by atoms with van der Waals surface area (Å²) in [6.07, 6.45) is 0. The molecule has 36 heavy (non-hydrogen) atoms. The van der Waals surface area contributed by atoms with Gasteiger partial charge in [0.25, 0.3) is 5.91 Å². The SMILES string of the molecule is COc1ccc(C(=O)N2CCN(c3ccccc3OC)CC2)cc1COc1ccccc1C(C)(C)C. The zero-order valence-electron chi connectivity index (χ0n) is 21.9. The number of ether oxygens (including phenoxy) is 3. The Morgan fingerprint density at radius 3 is 2.11 bits per heavy atom. The minimum atomic E-state index is -0.0373. The van der Waals surface area contributed by atoms with Crippen LogP contribution in [0.1, 0.15) is 42.3 Å². The van der Waals surface area contributed by atoms with Gasteiger partial charge in [-0.05, 0) is 47.4 Å². The van der Waals surface area contributed by atoms with Crippen LogP contribution in [0.25, 0.3) is 0 Å². The van der Waals surface area contributed by atoms with Crippen molar-refractivity contribution in [2.24, 2.45) is 0 Å². The third-order valence-electron chi connectivity index (χ3n) is 6.60. The smallest absolute Gasteiger partial charge is 0.253 e. The lowest BCUT2D eigenvalue weighted by Crippen LogP contribution is -2.48. The predicted molar refractivity (Wildman–Crippen MR) is 144 cm³/mol. The van der Waals surface area contributed by atoms with Crippen molar-refractivity contribution in [2.75, 3.05) is 45.3 Å². The van der Waals surface area contributed by atoms with Crippen LogP contribution in [0, 0.1) is 0 Å². The van der Waals surface area contributed by atoms with E-state index in [1.54, 1.807) is 14.2 Å². The van der Waals surface area contributed by atoms with Gasteiger partial charge in [0.2, 0.25) is 0 Å². The summed E-state index contributed by atoms with van der Waals surface area (Å²) in [5.41, 5.74) is 3.66. The van der Waals surface area contributed by atoms with E-state index in [4.69, 9.17) is 14.2 Å². The minimum Gasteiger partial charge on any atom is -0.496 e. The number of para-hydroxylation sites is 3. The Labute approximate surface area is 214 Å². The molecule has 4 rings (SSSR count). The number of hydrogen-bond acceptors (Lipinski definition) is 5. The van der Waals surface area contributed by atoms with Crippen LogP contribution in [-0.2, 0) is 12.0 Å². The second-order valence-electron chi connectivity index (χ2n) is 10.0. The number of rotatable bonds is 7. The van der Waals surface area contributed by atoms with Crippen molar-refractivity contribution < 1.29 is 19.0 Å². The number of methoxy groups -OCH3 is 2. The van der Waals surface area contributed by atoms with E-state index in [1.807, 2.05) is 59.5 Å². The molecule has 1 aliphatic heterocycles. The van der Waals surface area contributed by atoms with Crippen LogP contribution < -0.4 is 19.1 Å². The van der Waals surface area contributed by atoms with Crippen molar-refractivity contribution in [2.45, 2.75) is 32.8 Å². The van der Waals surface area contributed by atoms with Gasteiger partial charge in [0.05, 0.1) is 19.9 Å². The Kier molecular flexibility index (Phi) is 7.73. The lowest BCUT2D eigenvalue weighted by Gasteiger charge is -2.36. The van der Waals surface area contributed by atoms with Gasteiger partial charge in [0.1, 0.15) is 23.9 Å². The number of benzene rings is 3. The van der Waals surface area contributed by atoms with Crippen molar-refractivity contribution >= 4 is 11.6 Å². The molecule has 3 aromatic carbocycles. The molecule has 1 fully saturated rings. The van der Waals surface area contributed by atoms with E-state index in [2.05, 4.69) is 37.8 Å². The molecule has 0 unspecified atom stereocenters. The van der Waals surface area contributed by atoms with Gasteiger partial charge in [-0.15, -0.1) is 0 Å². The standard InChI is InChI=1S/C30H36N2O4/c1-30(2,3)24-10-6-8-12-27(24)36-21-23-20-22(14-15-26(23)34-4)29(33)32-18-16-31(17-19-32)25-11-7-9-13-28(25)35-5/h6-15,20H,16-19,21H2,1-5H3. The third-order valence-corrected chi connectivity index (χ3v) is 6.60. The van der Waals surface area contributed by atoms with E-state index < -0.39 is 0 Å². The van der Waals surface area contributed by atoms with Crippen molar-refractivity contribution in [3.8, 4) is 17.2 Å². The highest BCUT2D eigenvalue weighted by Gasteiger charge is 2.25. The second kappa shape index (κ2) is 10.9. The summed E-state index contributed by atoms with van der Waals surface area (Å²) < 4.78 is 17.3. The summed E-state index contributed by atoms with van der Waals surface area (Å²) in [6.45, 7) is 9.62. The van der Waals surface area contributed by atoms with Crippen LogP contribution >= 0.6 is 0 Å².